The highest BCUT2D eigenvalue weighted by Gasteiger charge is 2.10. The molecule has 0 saturated carbocycles. The molecule has 7 nitrogen and oxygen atoms in total. The summed E-state index contributed by atoms with van der Waals surface area (Å²) >= 11 is 3.50. The SMILES string of the molecule is CSCCNCc1nc(-c2ccc3ncnc(Nc4ccc(NCc5ccccc5)c(C=N)c4)c3c2)cs1. The molecule has 2 aromatic heterocycles. The third-order valence-electron chi connectivity index (χ3n) is 6.04. The quantitative estimate of drug-likeness (QED) is 0.105. The molecular formula is C29H29N7S2. The Hall–Kier alpha value is -3.79. The molecule has 5 rings (SSSR count). The van der Waals surface area contributed by atoms with Crippen molar-refractivity contribution in [3.63, 3.8) is 0 Å². The Kier molecular flexibility index (Phi) is 8.60. The van der Waals surface area contributed by atoms with Gasteiger partial charge in [-0.1, -0.05) is 36.4 Å². The van der Waals surface area contributed by atoms with Gasteiger partial charge in [-0.15, -0.1) is 11.3 Å². The third-order valence-corrected chi connectivity index (χ3v) is 7.50. The number of anilines is 3. The van der Waals surface area contributed by atoms with Crippen molar-refractivity contribution >= 4 is 57.4 Å². The van der Waals surface area contributed by atoms with Gasteiger partial charge >= 0.3 is 0 Å². The molecule has 0 spiro atoms. The van der Waals surface area contributed by atoms with Crippen LogP contribution in [-0.4, -0.2) is 39.7 Å². The molecule has 0 atom stereocenters. The molecule has 38 heavy (non-hydrogen) atoms. The molecule has 3 aromatic carbocycles. The van der Waals surface area contributed by atoms with Crippen molar-refractivity contribution in [1.82, 2.24) is 20.3 Å². The Morgan fingerprint density at radius 3 is 2.74 bits per heavy atom. The first-order valence-corrected chi connectivity index (χ1v) is 14.6. The summed E-state index contributed by atoms with van der Waals surface area (Å²) in [6, 6.07) is 22.3. The standard InChI is InChI=1S/C29H29N7S2/c1-37-12-11-31-17-28-36-27(18-38-28)21-7-9-26-24(14-21)29(34-19-33-26)35-23-8-10-25(22(13-23)15-30)32-16-20-5-3-2-4-6-20/h2-10,13-15,18-19,30-32H,11-12,16-17H2,1H3,(H,33,34,35). The Morgan fingerprint density at radius 2 is 1.89 bits per heavy atom. The van der Waals surface area contributed by atoms with Crippen molar-refractivity contribution in [1.29, 1.82) is 5.41 Å². The molecule has 0 radical (unpaired) electrons. The van der Waals surface area contributed by atoms with Gasteiger partial charge < -0.3 is 21.4 Å². The molecule has 2 heterocycles. The fraction of sp³-hybridized carbons (Fsp3) is 0.172. The van der Waals surface area contributed by atoms with E-state index in [1.54, 1.807) is 17.7 Å². The van der Waals surface area contributed by atoms with Gasteiger partial charge in [-0.05, 0) is 42.2 Å². The van der Waals surface area contributed by atoms with Gasteiger partial charge in [-0.25, -0.2) is 15.0 Å². The van der Waals surface area contributed by atoms with E-state index < -0.39 is 0 Å². The van der Waals surface area contributed by atoms with E-state index in [9.17, 15) is 0 Å². The van der Waals surface area contributed by atoms with Crippen molar-refractivity contribution in [2.45, 2.75) is 13.1 Å². The number of rotatable bonds is 12. The zero-order valence-corrected chi connectivity index (χ0v) is 22.7. The van der Waals surface area contributed by atoms with Crippen molar-refractivity contribution in [3.05, 3.63) is 94.6 Å². The van der Waals surface area contributed by atoms with Crippen molar-refractivity contribution in [3.8, 4) is 11.3 Å². The highest BCUT2D eigenvalue weighted by molar-refractivity contribution is 7.98. The summed E-state index contributed by atoms with van der Waals surface area (Å²) in [7, 11) is 0. The summed E-state index contributed by atoms with van der Waals surface area (Å²) in [5.41, 5.74) is 6.59. The topological polar surface area (TPSA) is 98.6 Å². The van der Waals surface area contributed by atoms with Crippen LogP contribution in [0.2, 0.25) is 0 Å². The molecule has 0 aliphatic heterocycles. The van der Waals surface area contributed by atoms with Gasteiger partial charge in [-0.2, -0.15) is 11.8 Å². The lowest BCUT2D eigenvalue weighted by atomic mass is 10.1. The van der Waals surface area contributed by atoms with Gasteiger partial charge in [0.2, 0.25) is 0 Å². The summed E-state index contributed by atoms with van der Waals surface area (Å²) in [5, 5.41) is 22.3. The minimum absolute atomic E-state index is 0.694. The smallest absolute Gasteiger partial charge is 0.141 e. The van der Waals surface area contributed by atoms with Crippen LogP contribution < -0.4 is 16.0 Å². The summed E-state index contributed by atoms with van der Waals surface area (Å²) in [4.78, 5) is 13.8. The highest BCUT2D eigenvalue weighted by Crippen LogP contribution is 2.30. The van der Waals surface area contributed by atoms with Gasteiger partial charge in [0.05, 0.1) is 11.2 Å². The van der Waals surface area contributed by atoms with Crippen LogP contribution in [0.3, 0.4) is 0 Å². The second-order valence-electron chi connectivity index (χ2n) is 8.66. The van der Waals surface area contributed by atoms with Crippen LogP contribution in [-0.2, 0) is 13.1 Å². The zero-order valence-electron chi connectivity index (χ0n) is 21.1. The first-order chi connectivity index (χ1) is 18.7. The van der Waals surface area contributed by atoms with Gasteiger partial charge in [-0.3, -0.25) is 0 Å². The van der Waals surface area contributed by atoms with Crippen molar-refractivity contribution in [2.75, 3.05) is 29.2 Å². The summed E-state index contributed by atoms with van der Waals surface area (Å²) in [6.45, 7) is 2.45. The van der Waals surface area contributed by atoms with E-state index in [2.05, 4.69) is 61.8 Å². The van der Waals surface area contributed by atoms with E-state index in [0.29, 0.717) is 12.4 Å². The van der Waals surface area contributed by atoms with Crippen LogP contribution in [0.4, 0.5) is 17.2 Å². The molecule has 0 saturated heterocycles. The van der Waals surface area contributed by atoms with E-state index in [1.807, 2.05) is 54.2 Å². The lowest BCUT2D eigenvalue weighted by molar-refractivity contribution is 0.728. The maximum atomic E-state index is 7.93. The average Bonchev–Trinajstić information content (AvgIpc) is 3.44. The molecule has 9 heteroatoms. The molecule has 4 N–H and O–H groups in total. The van der Waals surface area contributed by atoms with E-state index >= 15 is 0 Å². The summed E-state index contributed by atoms with van der Waals surface area (Å²) in [5.74, 6) is 1.80. The first-order valence-electron chi connectivity index (χ1n) is 12.3. The third kappa shape index (κ3) is 6.36. The van der Waals surface area contributed by atoms with Crippen LogP contribution in [0.1, 0.15) is 16.1 Å². The van der Waals surface area contributed by atoms with Gasteiger partial charge in [0.1, 0.15) is 17.2 Å². The fourth-order valence-corrected chi connectivity index (χ4v) is 5.18. The maximum Gasteiger partial charge on any atom is 0.141 e. The molecule has 0 unspecified atom stereocenters. The van der Waals surface area contributed by atoms with Gasteiger partial charge in [0.15, 0.2) is 0 Å². The van der Waals surface area contributed by atoms with Crippen LogP contribution in [0.15, 0.2) is 78.4 Å². The second kappa shape index (κ2) is 12.6. The number of nitrogens with one attached hydrogen (secondary N) is 4. The number of nitrogens with zero attached hydrogens (tertiary/aromatic N) is 3. The Bertz CT molecular complexity index is 1520. The number of fused-ring (bicyclic) bond motifs is 1. The number of thioether (sulfide) groups is 1. The summed E-state index contributed by atoms with van der Waals surface area (Å²) < 4.78 is 0. The lowest BCUT2D eigenvalue weighted by Gasteiger charge is -2.13. The second-order valence-corrected chi connectivity index (χ2v) is 10.6. The molecule has 0 aliphatic carbocycles. The van der Waals surface area contributed by atoms with E-state index in [0.717, 1.165) is 62.9 Å². The largest absolute Gasteiger partial charge is 0.380 e. The fourth-order valence-electron chi connectivity index (χ4n) is 4.06. The molecule has 0 fully saturated rings. The Balaban J connectivity index is 1.34. The van der Waals surface area contributed by atoms with Crippen LogP contribution in [0.5, 0.6) is 0 Å². The number of hydrogen-bond acceptors (Lipinski definition) is 9. The number of hydrogen-bond donors (Lipinski definition) is 4. The minimum Gasteiger partial charge on any atom is -0.380 e. The van der Waals surface area contributed by atoms with E-state index in [1.165, 1.54) is 11.8 Å². The Morgan fingerprint density at radius 1 is 1.00 bits per heavy atom. The first kappa shape index (κ1) is 25.8. The Labute approximate surface area is 230 Å². The van der Waals surface area contributed by atoms with Gasteiger partial charge in [0, 0.05) is 64.9 Å². The molecule has 192 valence electrons. The van der Waals surface area contributed by atoms with Crippen LogP contribution in [0.25, 0.3) is 22.2 Å². The molecule has 0 bridgehead atoms. The predicted octanol–water partition coefficient (Wildman–Crippen LogP) is 6.56. The highest BCUT2D eigenvalue weighted by atomic mass is 32.2. The number of aromatic nitrogens is 3. The normalized spacial score (nSPS) is 11.0. The lowest BCUT2D eigenvalue weighted by Crippen LogP contribution is -2.16. The van der Waals surface area contributed by atoms with Crippen LogP contribution in [0, 0.1) is 5.41 Å². The number of thiazole rings is 1. The van der Waals surface area contributed by atoms with E-state index in [-0.39, 0.29) is 0 Å². The predicted molar refractivity (Wildman–Crippen MR) is 162 cm³/mol. The maximum absolute atomic E-state index is 7.93. The van der Waals surface area contributed by atoms with Crippen LogP contribution >= 0.6 is 23.1 Å². The van der Waals surface area contributed by atoms with Crippen molar-refractivity contribution < 1.29 is 0 Å². The molecular weight excluding hydrogens is 511 g/mol. The number of benzene rings is 3. The van der Waals surface area contributed by atoms with E-state index in [4.69, 9.17) is 10.4 Å². The molecule has 5 aromatic rings. The molecule has 0 aliphatic rings. The summed E-state index contributed by atoms with van der Waals surface area (Å²) in [6.07, 6.45) is 5.05. The monoisotopic (exact) mass is 539 g/mol. The average molecular weight is 540 g/mol. The van der Waals surface area contributed by atoms with Gasteiger partial charge in [0.25, 0.3) is 0 Å². The minimum atomic E-state index is 0.694. The molecule has 0 amide bonds. The zero-order chi connectivity index (χ0) is 26.2. The van der Waals surface area contributed by atoms with Crippen molar-refractivity contribution in [2.24, 2.45) is 0 Å².